The molecule has 3 aliphatic rings. The number of hydrogen-bond donors (Lipinski definition) is 3. The second-order valence-electron chi connectivity index (χ2n) is 8.79. The Hall–Kier alpha value is -2.57. The molecule has 3 heterocycles. The standard InChI is InChI=1S/C19H34N6O2.C2HF3O2/c1-3-4-5-6-9-20-18(27)25-10-7-19(8-11-25)16(26)21-17(22-19)24-14-12-23(2)13-15-24;3-2(4,5)1(6)7/h3-15H2,1-2H3,(H,20,27)(H,21,22,26);(H,6,7). The van der Waals surface area contributed by atoms with Crippen LogP contribution in [0.2, 0.25) is 0 Å². The highest BCUT2D eigenvalue weighted by Gasteiger charge is 2.47. The van der Waals surface area contributed by atoms with Gasteiger partial charge in [-0.2, -0.15) is 13.2 Å². The number of likely N-dealkylation sites (N-methyl/N-ethyl adjacent to an activating group) is 1. The molecule has 0 radical (unpaired) electrons. The number of alkyl halides is 3. The Balaban J connectivity index is 0.000000509. The molecule has 0 saturated carbocycles. The second kappa shape index (κ2) is 12.2. The topological polar surface area (TPSA) is 118 Å². The van der Waals surface area contributed by atoms with Crippen molar-refractivity contribution in [3.63, 3.8) is 0 Å². The molecule has 0 aliphatic carbocycles. The van der Waals surface area contributed by atoms with E-state index in [-0.39, 0.29) is 11.9 Å². The van der Waals surface area contributed by atoms with Gasteiger partial charge < -0.3 is 25.1 Å². The molecule has 3 amide bonds. The number of nitrogens with zero attached hydrogens (tertiary/aromatic N) is 4. The lowest BCUT2D eigenvalue weighted by Crippen LogP contribution is -2.53. The lowest BCUT2D eigenvalue weighted by atomic mass is 9.88. The van der Waals surface area contributed by atoms with Crippen molar-refractivity contribution in [2.45, 2.75) is 57.2 Å². The molecule has 194 valence electrons. The molecule has 13 heteroatoms. The summed E-state index contributed by atoms with van der Waals surface area (Å²) in [6, 6.07) is -0.0111. The van der Waals surface area contributed by atoms with Crippen LogP contribution in [-0.2, 0) is 9.59 Å². The van der Waals surface area contributed by atoms with E-state index < -0.39 is 17.7 Å². The van der Waals surface area contributed by atoms with Crippen molar-refractivity contribution < 1.29 is 32.7 Å². The molecule has 3 N–H and O–H groups in total. The smallest absolute Gasteiger partial charge is 0.475 e. The molecule has 0 unspecified atom stereocenters. The Morgan fingerprint density at radius 2 is 1.68 bits per heavy atom. The van der Waals surface area contributed by atoms with Crippen molar-refractivity contribution in [1.29, 1.82) is 0 Å². The number of piperazine rings is 1. The molecule has 3 rings (SSSR count). The number of carbonyl (C=O) groups is 3. The molecular weight excluding hydrogens is 457 g/mol. The third kappa shape index (κ3) is 7.74. The summed E-state index contributed by atoms with van der Waals surface area (Å²) in [7, 11) is 2.11. The van der Waals surface area contributed by atoms with E-state index in [0.29, 0.717) is 25.9 Å². The van der Waals surface area contributed by atoms with Crippen LogP contribution in [0.4, 0.5) is 18.0 Å². The van der Waals surface area contributed by atoms with E-state index >= 15 is 0 Å². The van der Waals surface area contributed by atoms with Gasteiger partial charge in [0, 0.05) is 45.8 Å². The zero-order valence-corrected chi connectivity index (χ0v) is 19.8. The number of rotatable bonds is 5. The lowest BCUT2D eigenvalue weighted by Gasteiger charge is -2.35. The van der Waals surface area contributed by atoms with Gasteiger partial charge in [0.2, 0.25) is 5.96 Å². The number of carboxylic acid groups (broad SMARTS) is 1. The molecule has 1 spiro atoms. The monoisotopic (exact) mass is 492 g/mol. The van der Waals surface area contributed by atoms with Crippen LogP contribution in [0.1, 0.15) is 45.4 Å². The van der Waals surface area contributed by atoms with Crippen molar-refractivity contribution in [1.82, 2.24) is 25.3 Å². The Kier molecular flexibility index (Phi) is 9.95. The zero-order chi connectivity index (χ0) is 25.4. The first-order chi connectivity index (χ1) is 16.0. The van der Waals surface area contributed by atoms with Crippen molar-refractivity contribution in [2.75, 3.05) is 52.9 Å². The molecule has 3 aliphatic heterocycles. The van der Waals surface area contributed by atoms with Gasteiger partial charge in [-0.05, 0) is 26.3 Å². The molecule has 0 bridgehead atoms. The summed E-state index contributed by atoms with van der Waals surface area (Å²) in [5.74, 6) is -2.04. The van der Waals surface area contributed by atoms with E-state index in [1.807, 2.05) is 4.90 Å². The summed E-state index contributed by atoms with van der Waals surface area (Å²) in [6.45, 7) is 7.80. The minimum atomic E-state index is -5.08. The highest BCUT2D eigenvalue weighted by Crippen LogP contribution is 2.30. The van der Waals surface area contributed by atoms with Gasteiger partial charge in [0.05, 0.1) is 0 Å². The maximum absolute atomic E-state index is 12.6. The van der Waals surface area contributed by atoms with E-state index in [1.54, 1.807) is 0 Å². The molecule has 0 atom stereocenters. The number of nitrogens with one attached hydrogen (secondary N) is 2. The van der Waals surface area contributed by atoms with E-state index in [9.17, 15) is 22.8 Å². The minimum absolute atomic E-state index is 0.00366. The average molecular weight is 493 g/mol. The molecule has 2 fully saturated rings. The number of amides is 3. The van der Waals surface area contributed by atoms with Gasteiger partial charge in [-0.25, -0.2) is 14.6 Å². The molecular formula is C21H35F3N6O4. The number of urea groups is 1. The van der Waals surface area contributed by atoms with Crippen LogP contribution in [0.15, 0.2) is 4.99 Å². The van der Waals surface area contributed by atoms with Crippen LogP contribution in [-0.4, -0.2) is 108 Å². The van der Waals surface area contributed by atoms with Crippen molar-refractivity contribution >= 4 is 23.9 Å². The third-order valence-corrected chi connectivity index (χ3v) is 6.20. The number of aliphatic imine (C=N–C) groups is 1. The maximum atomic E-state index is 12.6. The SMILES string of the molecule is CCCCCCNC(=O)N1CCC2(CC1)N=C(N1CCN(C)CC1)NC2=O.O=C(O)C(F)(F)F. The first-order valence-electron chi connectivity index (χ1n) is 11.7. The summed E-state index contributed by atoms with van der Waals surface area (Å²) in [4.78, 5) is 44.9. The van der Waals surface area contributed by atoms with Gasteiger partial charge in [0.25, 0.3) is 5.91 Å². The van der Waals surface area contributed by atoms with Crippen molar-refractivity contribution in [2.24, 2.45) is 4.99 Å². The van der Waals surface area contributed by atoms with Crippen molar-refractivity contribution in [3.8, 4) is 0 Å². The highest BCUT2D eigenvalue weighted by molar-refractivity contribution is 6.07. The van der Waals surface area contributed by atoms with Crippen molar-refractivity contribution in [3.05, 3.63) is 0 Å². The molecule has 34 heavy (non-hydrogen) atoms. The van der Waals surface area contributed by atoms with E-state index in [0.717, 1.165) is 51.5 Å². The van der Waals surface area contributed by atoms with Crippen LogP contribution in [0.3, 0.4) is 0 Å². The molecule has 10 nitrogen and oxygen atoms in total. The van der Waals surface area contributed by atoms with E-state index in [4.69, 9.17) is 14.9 Å². The Bertz CT molecular complexity index is 745. The fourth-order valence-corrected chi connectivity index (χ4v) is 3.94. The van der Waals surface area contributed by atoms with E-state index in [2.05, 4.69) is 34.4 Å². The number of guanidine groups is 1. The van der Waals surface area contributed by atoms with Gasteiger partial charge in [0.15, 0.2) is 0 Å². The van der Waals surface area contributed by atoms with Crippen LogP contribution < -0.4 is 10.6 Å². The number of aliphatic carboxylic acids is 1. The summed E-state index contributed by atoms with van der Waals surface area (Å²) >= 11 is 0. The van der Waals surface area contributed by atoms with E-state index in [1.165, 1.54) is 12.8 Å². The summed E-state index contributed by atoms with van der Waals surface area (Å²) in [5.41, 5.74) is -0.684. The normalized spacial score (nSPS) is 20.4. The Morgan fingerprint density at radius 3 is 2.21 bits per heavy atom. The molecule has 0 aromatic carbocycles. The second-order valence-corrected chi connectivity index (χ2v) is 8.79. The summed E-state index contributed by atoms with van der Waals surface area (Å²) in [6.07, 6.45) is 0.701. The van der Waals surface area contributed by atoms with Gasteiger partial charge in [0.1, 0.15) is 5.54 Å². The van der Waals surface area contributed by atoms with Gasteiger partial charge in [-0.1, -0.05) is 26.2 Å². The number of likely N-dealkylation sites (tertiary alicyclic amines) is 1. The average Bonchev–Trinajstić information content (AvgIpc) is 3.09. The quantitative estimate of drug-likeness (QED) is 0.501. The predicted molar refractivity (Wildman–Crippen MR) is 119 cm³/mol. The number of carboxylic acids is 1. The lowest BCUT2D eigenvalue weighted by molar-refractivity contribution is -0.192. The minimum Gasteiger partial charge on any atom is -0.475 e. The highest BCUT2D eigenvalue weighted by atomic mass is 19.4. The molecule has 0 aromatic rings. The van der Waals surface area contributed by atoms with Crippen LogP contribution in [0, 0.1) is 0 Å². The fraction of sp³-hybridized carbons (Fsp3) is 0.810. The third-order valence-electron chi connectivity index (χ3n) is 6.20. The Labute approximate surface area is 197 Å². The number of halogens is 3. The summed E-state index contributed by atoms with van der Waals surface area (Å²) in [5, 5.41) is 13.1. The fourth-order valence-electron chi connectivity index (χ4n) is 3.94. The Morgan fingerprint density at radius 1 is 1.09 bits per heavy atom. The number of unbranched alkanes of at least 4 members (excludes halogenated alkanes) is 3. The zero-order valence-electron chi connectivity index (χ0n) is 19.8. The number of piperidine rings is 1. The summed E-state index contributed by atoms with van der Waals surface area (Å²) < 4.78 is 31.7. The van der Waals surface area contributed by atoms with Crippen LogP contribution in [0.5, 0.6) is 0 Å². The number of hydrogen-bond acceptors (Lipinski definition) is 6. The first-order valence-corrected chi connectivity index (χ1v) is 11.7. The number of carbonyl (C=O) groups excluding carboxylic acids is 2. The van der Waals surface area contributed by atoms with Crippen LogP contribution >= 0.6 is 0 Å². The largest absolute Gasteiger partial charge is 0.490 e. The van der Waals surface area contributed by atoms with Gasteiger partial charge in [-0.3, -0.25) is 10.1 Å². The molecule has 0 aromatic heterocycles. The predicted octanol–water partition coefficient (Wildman–Crippen LogP) is 1.48. The maximum Gasteiger partial charge on any atom is 0.490 e. The molecule has 2 saturated heterocycles. The first kappa shape index (κ1) is 27.7. The van der Waals surface area contributed by atoms with Gasteiger partial charge >= 0.3 is 18.2 Å². The van der Waals surface area contributed by atoms with Gasteiger partial charge in [-0.15, -0.1) is 0 Å². The van der Waals surface area contributed by atoms with Crippen LogP contribution in [0.25, 0.3) is 0 Å².